The van der Waals surface area contributed by atoms with Crippen LogP contribution in [0.1, 0.15) is 15.9 Å². The number of carbonyl (C=O) groups excluding carboxylic acids is 2. The summed E-state index contributed by atoms with van der Waals surface area (Å²) in [4.78, 5) is 29.0. The number of nitrogens with one attached hydrogen (secondary N) is 1. The lowest BCUT2D eigenvalue weighted by molar-refractivity contribution is -0.130. The van der Waals surface area contributed by atoms with Crippen LogP contribution >= 0.6 is 11.6 Å². The first-order valence-electron chi connectivity index (χ1n) is 7.80. The van der Waals surface area contributed by atoms with Gasteiger partial charge in [-0.2, -0.15) is 0 Å². The van der Waals surface area contributed by atoms with Crippen molar-refractivity contribution in [1.29, 1.82) is 0 Å². The lowest BCUT2D eigenvalue weighted by atomic mass is 10.2. The van der Waals surface area contributed by atoms with Gasteiger partial charge in [-0.25, -0.2) is 4.98 Å². The summed E-state index contributed by atoms with van der Waals surface area (Å²) >= 11 is 5.71. The number of nitrogens with zero attached hydrogens (tertiary/aromatic N) is 2. The van der Waals surface area contributed by atoms with Crippen molar-refractivity contribution < 1.29 is 19.1 Å². The summed E-state index contributed by atoms with van der Waals surface area (Å²) < 4.78 is 10.8. The van der Waals surface area contributed by atoms with E-state index in [0.717, 1.165) is 5.56 Å². The number of methoxy groups -OCH3 is 1. The van der Waals surface area contributed by atoms with E-state index in [4.69, 9.17) is 21.1 Å². The number of benzene rings is 1. The van der Waals surface area contributed by atoms with Crippen LogP contribution in [0, 0.1) is 0 Å². The quantitative estimate of drug-likeness (QED) is 0.748. The van der Waals surface area contributed by atoms with Gasteiger partial charge in [-0.05, 0) is 29.8 Å². The van der Waals surface area contributed by atoms with Crippen LogP contribution in [0.15, 0.2) is 36.5 Å². The van der Waals surface area contributed by atoms with Crippen LogP contribution in [0.2, 0.25) is 5.15 Å². The first kappa shape index (κ1) is 19.5. The Balaban J connectivity index is 1.98. The topological polar surface area (TPSA) is 80.8 Å². The Labute approximate surface area is 156 Å². The number of hydrogen-bond acceptors (Lipinski definition) is 5. The van der Waals surface area contributed by atoms with Gasteiger partial charge in [0.25, 0.3) is 11.8 Å². The van der Waals surface area contributed by atoms with Gasteiger partial charge >= 0.3 is 0 Å². The molecule has 0 aliphatic rings. The van der Waals surface area contributed by atoms with Crippen molar-refractivity contribution in [2.24, 2.45) is 0 Å². The molecule has 26 heavy (non-hydrogen) atoms. The number of halogens is 1. The lowest BCUT2D eigenvalue weighted by Crippen LogP contribution is -2.27. The Bertz CT molecular complexity index is 779. The Morgan fingerprint density at radius 3 is 2.58 bits per heavy atom. The molecule has 1 aromatic carbocycles. The molecule has 7 nitrogen and oxygen atoms in total. The highest BCUT2D eigenvalue weighted by Gasteiger charge is 2.11. The molecule has 1 heterocycles. The molecule has 1 N–H and O–H groups in total. The minimum atomic E-state index is -0.259. The maximum atomic E-state index is 12.1. The van der Waals surface area contributed by atoms with E-state index >= 15 is 0 Å². The zero-order chi connectivity index (χ0) is 19.1. The lowest BCUT2D eigenvalue weighted by Gasteiger charge is -2.14. The Morgan fingerprint density at radius 1 is 1.19 bits per heavy atom. The molecule has 2 amide bonds. The van der Waals surface area contributed by atoms with E-state index in [1.54, 1.807) is 44.4 Å². The van der Waals surface area contributed by atoms with Gasteiger partial charge in [-0.1, -0.05) is 17.7 Å². The summed E-state index contributed by atoms with van der Waals surface area (Å²) in [5.74, 6) is 0.529. The third-order valence-electron chi connectivity index (χ3n) is 3.52. The number of pyridine rings is 1. The van der Waals surface area contributed by atoms with Crippen LogP contribution < -0.4 is 14.8 Å². The van der Waals surface area contributed by atoms with Gasteiger partial charge in [0.2, 0.25) is 0 Å². The highest BCUT2D eigenvalue weighted by atomic mass is 35.5. The second kappa shape index (κ2) is 9.05. The standard InChI is InChI=1S/C18H20ClN3O4/c1-22(2)17(23)11-26-14-6-4-12(8-15(14)25-3)9-21-18(24)13-5-7-16(19)20-10-13/h4-8,10H,9,11H2,1-3H3,(H,21,24). The molecule has 2 rings (SSSR count). The average molecular weight is 378 g/mol. The van der Waals surface area contributed by atoms with Gasteiger partial charge in [0.05, 0.1) is 12.7 Å². The first-order valence-corrected chi connectivity index (χ1v) is 8.18. The summed E-state index contributed by atoms with van der Waals surface area (Å²) in [6.07, 6.45) is 1.41. The van der Waals surface area contributed by atoms with Gasteiger partial charge in [0.15, 0.2) is 18.1 Å². The molecule has 0 aliphatic heterocycles. The van der Waals surface area contributed by atoms with Gasteiger partial charge in [-0.15, -0.1) is 0 Å². The minimum absolute atomic E-state index is 0.0803. The molecule has 0 radical (unpaired) electrons. The van der Waals surface area contributed by atoms with Crippen LogP contribution in [0.25, 0.3) is 0 Å². The highest BCUT2D eigenvalue weighted by molar-refractivity contribution is 6.29. The summed E-state index contributed by atoms with van der Waals surface area (Å²) in [6.45, 7) is 0.220. The molecule has 0 atom stereocenters. The molecule has 0 saturated carbocycles. The van der Waals surface area contributed by atoms with Crippen LogP contribution in [-0.2, 0) is 11.3 Å². The number of ether oxygens (including phenoxy) is 2. The monoisotopic (exact) mass is 377 g/mol. The number of carbonyl (C=O) groups is 2. The third-order valence-corrected chi connectivity index (χ3v) is 3.74. The van der Waals surface area contributed by atoms with E-state index in [1.807, 2.05) is 0 Å². The van der Waals surface area contributed by atoms with Gasteiger partial charge in [0, 0.05) is 26.8 Å². The normalized spacial score (nSPS) is 10.2. The van der Waals surface area contributed by atoms with Crippen molar-refractivity contribution in [3.05, 3.63) is 52.8 Å². The van der Waals surface area contributed by atoms with Crippen molar-refractivity contribution in [2.75, 3.05) is 27.8 Å². The predicted octanol–water partition coefficient (Wildman–Crippen LogP) is 2.14. The zero-order valence-electron chi connectivity index (χ0n) is 14.8. The van der Waals surface area contributed by atoms with E-state index in [-0.39, 0.29) is 18.4 Å². The number of likely N-dealkylation sites (N-methyl/N-ethyl adjacent to an activating group) is 1. The Hall–Kier alpha value is -2.80. The van der Waals surface area contributed by atoms with E-state index < -0.39 is 0 Å². The van der Waals surface area contributed by atoms with Crippen molar-refractivity contribution in [3.8, 4) is 11.5 Å². The summed E-state index contributed by atoms with van der Waals surface area (Å²) in [5, 5.41) is 3.12. The summed E-state index contributed by atoms with van der Waals surface area (Å²) in [7, 11) is 4.83. The molecule has 0 saturated heterocycles. The minimum Gasteiger partial charge on any atom is -0.493 e. The van der Waals surface area contributed by atoms with Crippen LogP contribution in [0.3, 0.4) is 0 Å². The van der Waals surface area contributed by atoms with Crippen molar-refractivity contribution in [1.82, 2.24) is 15.2 Å². The predicted molar refractivity (Wildman–Crippen MR) is 97.6 cm³/mol. The van der Waals surface area contributed by atoms with E-state index in [1.165, 1.54) is 18.2 Å². The van der Waals surface area contributed by atoms with Crippen LogP contribution in [0.5, 0.6) is 11.5 Å². The maximum Gasteiger partial charge on any atom is 0.259 e. The van der Waals surface area contributed by atoms with Crippen LogP contribution in [-0.4, -0.2) is 49.5 Å². The molecule has 0 unspecified atom stereocenters. The van der Waals surface area contributed by atoms with Gasteiger partial charge < -0.3 is 19.7 Å². The SMILES string of the molecule is COc1cc(CNC(=O)c2ccc(Cl)nc2)ccc1OCC(=O)N(C)C. The molecule has 8 heteroatoms. The fourth-order valence-electron chi connectivity index (χ4n) is 2.00. The first-order chi connectivity index (χ1) is 12.4. The van der Waals surface area contributed by atoms with E-state index in [2.05, 4.69) is 10.3 Å². The van der Waals surface area contributed by atoms with Crippen molar-refractivity contribution in [3.63, 3.8) is 0 Å². The van der Waals surface area contributed by atoms with Crippen molar-refractivity contribution >= 4 is 23.4 Å². The molecular formula is C18H20ClN3O4. The molecule has 138 valence electrons. The summed E-state index contributed by atoms with van der Waals surface area (Å²) in [5.41, 5.74) is 1.24. The van der Waals surface area contributed by atoms with E-state index in [9.17, 15) is 9.59 Å². The molecule has 0 bridgehead atoms. The molecule has 0 fully saturated rings. The highest BCUT2D eigenvalue weighted by Crippen LogP contribution is 2.28. The average Bonchev–Trinajstić information content (AvgIpc) is 2.64. The largest absolute Gasteiger partial charge is 0.493 e. The smallest absolute Gasteiger partial charge is 0.259 e. The second-order valence-corrected chi connectivity index (χ2v) is 6.00. The van der Waals surface area contributed by atoms with E-state index in [0.29, 0.717) is 28.8 Å². The number of amides is 2. The number of rotatable bonds is 7. The maximum absolute atomic E-state index is 12.1. The third kappa shape index (κ3) is 5.35. The number of hydrogen-bond donors (Lipinski definition) is 1. The van der Waals surface area contributed by atoms with Gasteiger partial charge in [0.1, 0.15) is 5.15 Å². The van der Waals surface area contributed by atoms with Crippen LogP contribution in [0.4, 0.5) is 0 Å². The molecule has 2 aromatic rings. The zero-order valence-corrected chi connectivity index (χ0v) is 15.5. The second-order valence-electron chi connectivity index (χ2n) is 5.61. The number of aromatic nitrogens is 1. The summed E-state index contributed by atoms with van der Waals surface area (Å²) in [6, 6.07) is 8.39. The fraction of sp³-hybridized carbons (Fsp3) is 0.278. The Kier molecular flexibility index (Phi) is 6.80. The Morgan fingerprint density at radius 2 is 1.96 bits per heavy atom. The van der Waals surface area contributed by atoms with Crippen molar-refractivity contribution in [2.45, 2.75) is 6.54 Å². The molecular weight excluding hydrogens is 358 g/mol. The molecule has 0 aliphatic carbocycles. The van der Waals surface area contributed by atoms with Gasteiger partial charge in [-0.3, -0.25) is 9.59 Å². The fourth-order valence-corrected chi connectivity index (χ4v) is 2.12. The molecule has 0 spiro atoms. The molecule has 1 aromatic heterocycles.